The summed E-state index contributed by atoms with van der Waals surface area (Å²) in [7, 11) is 0. The molecule has 0 spiro atoms. The van der Waals surface area contributed by atoms with Gasteiger partial charge in [-0.05, 0) is 24.3 Å². The fourth-order valence-corrected chi connectivity index (χ4v) is 1.61. The second-order valence-corrected chi connectivity index (χ2v) is 3.76. The SMILES string of the molecule is NC[C@H]1CN(c2ccc(N)c(=O)cc2)C(=O)O1. The molecule has 90 valence electrons. The van der Waals surface area contributed by atoms with E-state index in [9.17, 15) is 9.59 Å². The summed E-state index contributed by atoms with van der Waals surface area (Å²) in [5, 5.41) is 0. The van der Waals surface area contributed by atoms with Crippen LogP contribution in [0.5, 0.6) is 0 Å². The maximum absolute atomic E-state index is 11.6. The van der Waals surface area contributed by atoms with Crippen LogP contribution in [0.15, 0.2) is 29.1 Å². The monoisotopic (exact) mass is 235 g/mol. The number of cyclic esters (lactones) is 1. The van der Waals surface area contributed by atoms with E-state index >= 15 is 0 Å². The third-order valence-corrected chi connectivity index (χ3v) is 2.57. The lowest BCUT2D eigenvalue weighted by Gasteiger charge is -2.10. The van der Waals surface area contributed by atoms with Gasteiger partial charge in [0, 0.05) is 12.2 Å². The molecular weight excluding hydrogens is 222 g/mol. The van der Waals surface area contributed by atoms with E-state index < -0.39 is 6.09 Å². The Labute approximate surface area is 97.8 Å². The highest BCUT2D eigenvalue weighted by Crippen LogP contribution is 2.20. The van der Waals surface area contributed by atoms with E-state index in [4.69, 9.17) is 16.2 Å². The molecule has 4 N–H and O–H groups in total. The average molecular weight is 235 g/mol. The second-order valence-electron chi connectivity index (χ2n) is 3.76. The van der Waals surface area contributed by atoms with Crippen LogP contribution >= 0.6 is 0 Å². The third kappa shape index (κ3) is 2.21. The van der Waals surface area contributed by atoms with Crippen molar-refractivity contribution in [3.05, 3.63) is 34.5 Å². The van der Waals surface area contributed by atoms with Crippen molar-refractivity contribution in [3.8, 4) is 0 Å². The molecule has 1 atom stereocenters. The molecule has 17 heavy (non-hydrogen) atoms. The van der Waals surface area contributed by atoms with E-state index in [-0.39, 0.29) is 23.8 Å². The Bertz CT molecular complexity index is 504. The van der Waals surface area contributed by atoms with Crippen LogP contribution in [0.4, 0.5) is 16.2 Å². The first-order valence-corrected chi connectivity index (χ1v) is 5.20. The molecule has 1 heterocycles. The quantitative estimate of drug-likeness (QED) is 0.746. The van der Waals surface area contributed by atoms with Gasteiger partial charge in [0.05, 0.1) is 12.2 Å². The van der Waals surface area contributed by atoms with E-state index in [1.165, 1.54) is 17.0 Å². The lowest BCUT2D eigenvalue weighted by molar-refractivity contribution is 0.145. The predicted octanol–water partition coefficient (Wildman–Crippen LogP) is -0.0871. The normalized spacial score (nSPS) is 19.2. The topological polar surface area (TPSA) is 98.6 Å². The number of rotatable bonds is 2. The molecule has 6 nitrogen and oxygen atoms in total. The molecule has 0 bridgehead atoms. The summed E-state index contributed by atoms with van der Waals surface area (Å²) >= 11 is 0. The summed E-state index contributed by atoms with van der Waals surface area (Å²) in [6, 6.07) is 5.95. The molecular formula is C11H13N3O3. The first kappa shape index (κ1) is 11.4. The number of carbonyl (C=O) groups excluding carboxylic acids is 1. The Morgan fingerprint density at radius 1 is 1.29 bits per heavy atom. The molecule has 1 aliphatic rings. The van der Waals surface area contributed by atoms with Crippen molar-refractivity contribution in [2.24, 2.45) is 5.73 Å². The number of ether oxygens (including phenoxy) is 1. The first-order valence-electron chi connectivity index (χ1n) is 5.20. The van der Waals surface area contributed by atoms with Crippen LogP contribution in [0, 0.1) is 0 Å². The number of carbonyl (C=O) groups is 1. The summed E-state index contributed by atoms with van der Waals surface area (Å²) in [5.74, 6) is 0. The summed E-state index contributed by atoms with van der Waals surface area (Å²) in [5.41, 5.74) is 11.4. The summed E-state index contributed by atoms with van der Waals surface area (Å²) in [6.45, 7) is 0.656. The van der Waals surface area contributed by atoms with E-state index in [1.54, 1.807) is 12.1 Å². The molecule has 1 aromatic rings. The number of anilines is 2. The van der Waals surface area contributed by atoms with E-state index in [2.05, 4.69) is 0 Å². The fourth-order valence-electron chi connectivity index (χ4n) is 1.61. The number of nitrogens with two attached hydrogens (primary N) is 2. The molecule has 1 aromatic carbocycles. The van der Waals surface area contributed by atoms with Crippen LogP contribution in [0.3, 0.4) is 0 Å². The van der Waals surface area contributed by atoms with Crippen LogP contribution in [0.1, 0.15) is 0 Å². The fraction of sp³-hybridized carbons (Fsp3) is 0.273. The van der Waals surface area contributed by atoms with Gasteiger partial charge in [0.25, 0.3) is 0 Å². The zero-order valence-corrected chi connectivity index (χ0v) is 9.13. The largest absolute Gasteiger partial charge is 0.443 e. The first-order chi connectivity index (χ1) is 8.11. The summed E-state index contributed by atoms with van der Waals surface area (Å²) in [6.07, 6.45) is -0.769. The van der Waals surface area contributed by atoms with Crippen molar-refractivity contribution in [3.63, 3.8) is 0 Å². The predicted molar refractivity (Wildman–Crippen MR) is 63.8 cm³/mol. The smallest absolute Gasteiger partial charge is 0.414 e. The highest BCUT2D eigenvalue weighted by molar-refractivity contribution is 5.89. The van der Waals surface area contributed by atoms with Crippen LogP contribution in [-0.4, -0.2) is 25.3 Å². The van der Waals surface area contributed by atoms with Gasteiger partial charge in [0.2, 0.25) is 5.43 Å². The standard InChI is InChI=1S/C11H13N3O3/c12-5-8-6-14(11(16)17-8)7-1-3-9(13)10(15)4-2-7/h1-4,8H,5-6,12H2,(H2,13,15)/t8-/m0/s1. The molecule has 0 aliphatic carbocycles. The van der Waals surface area contributed by atoms with Crippen molar-refractivity contribution in [1.29, 1.82) is 0 Å². The minimum Gasteiger partial charge on any atom is -0.443 e. The maximum Gasteiger partial charge on any atom is 0.414 e. The van der Waals surface area contributed by atoms with Gasteiger partial charge >= 0.3 is 6.09 Å². The Hall–Kier alpha value is -2.08. The number of nitrogens with zero attached hydrogens (tertiary/aromatic N) is 1. The lowest BCUT2D eigenvalue weighted by Crippen LogP contribution is -2.27. The summed E-state index contributed by atoms with van der Waals surface area (Å²) < 4.78 is 5.02. The Morgan fingerprint density at radius 3 is 2.65 bits per heavy atom. The van der Waals surface area contributed by atoms with Crippen molar-refractivity contribution < 1.29 is 9.53 Å². The second kappa shape index (κ2) is 4.42. The molecule has 0 unspecified atom stereocenters. The van der Waals surface area contributed by atoms with Gasteiger partial charge < -0.3 is 16.2 Å². The minimum absolute atomic E-state index is 0.138. The summed E-state index contributed by atoms with van der Waals surface area (Å²) in [4.78, 5) is 24.3. The Kier molecular flexibility index (Phi) is 2.97. The van der Waals surface area contributed by atoms with Gasteiger partial charge in [-0.1, -0.05) is 0 Å². The van der Waals surface area contributed by atoms with Crippen molar-refractivity contribution in [1.82, 2.24) is 0 Å². The highest BCUT2D eigenvalue weighted by atomic mass is 16.6. The highest BCUT2D eigenvalue weighted by Gasteiger charge is 2.31. The van der Waals surface area contributed by atoms with Gasteiger partial charge in [-0.25, -0.2) is 4.79 Å². The Balaban J connectivity index is 2.33. The van der Waals surface area contributed by atoms with Crippen LogP contribution in [-0.2, 0) is 4.74 Å². The van der Waals surface area contributed by atoms with Crippen molar-refractivity contribution in [2.45, 2.75) is 6.10 Å². The molecule has 0 saturated carbocycles. The molecule has 1 amide bonds. The zero-order chi connectivity index (χ0) is 12.4. The van der Waals surface area contributed by atoms with Crippen molar-refractivity contribution >= 4 is 17.5 Å². The average Bonchev–Trinajstić information content (AvgIpc) is 2.61. The molecule has 0 aromatic heterocycles. The van der Waals surface area contributed by atoms with Gasteiger partial charge in [0.1, 0.15) is 6.10 Å². The van der Waals surface area contributed by atoms with Crippen LogP contribution < -0.4 is 21.8 Å². The van der Waals surface area contributed by atoms with Crippen molar-refractivity contribution in [2.75, 3.05) is 23.7 Å². The minimum atomic E-state index is -0.460. The van der Waals surface area contributed by atoms with Crippen LogP contribution in [0.2, 0.25) is 0 Å². The Morgan fingerprint density at radius 2 is 2.00 bits per heavy atom. The van der Waals surface area contributed by atoms with E-state index in [0.717, 1.165) is 0 Å². The lowest BCUT2D eigenvalue weighted by atomic mass is 10.3. The van der Waals surface area contributed by atoms with Gasteiger partial charge in [0.15, 0.2) is 0 Å². The number of hydrogen-bond acceptors (Lipinski definition) is 5. The van der Waals surface area contributed by atoms with E-state index in [1.807, 2.05) is 0 Å². The number of hydrogen-bond donors (Lipinski definition) is 2. The third-order valence-electron chi connectivity index (χ3n) is 2.57. The zero-order valence-electron chi connectivity index (χ0n) is 9.13. The molecule has 1 fully saturated rings. The molecule has 1 saturated heterocycles. The molecule has 2 rings (SSSR count). The van der Waals surface area contributed by atoms with Gasteiger partial charge in [-0.2, -0.15) is 0 Å². The number of nitrogen functional groups attached to an aromatic ring is 1. The molecule has 1 aliphatic heterocycles. The van der Waals surface area contributed by atoms with E-state index in [0.29, 0.717) is 12.2 Å². The van der Waals surface area contributed by atoms with Crippen LogP contribution in [0.25, 0.3) is 0 Å². The molecule has 0 radical (unpaired) electrons. The van der Waals surface area contributed by atoms with Gasteiger partial charge in [-0.3, -0.25) is 9.69 Å². The number of amides is 1. The maximum atomic E-state index is 11.6. The van der Waals surface area contributed by atoms with Gasteiger partial charge in [-0.15, -0.1) is 0 Å². The molecule has 6 heteroatoms.